The summed E-state index contributed by atoms with van der Waals surface area (Å²) in [5.41, 5.74) is 9.20. The lowest BCUT2D eigenvalue weighted by molar-refractivity contribution is 0.242. The van der Waals surface area contributed by atoms with Crippen molar-refractivity contribution >= 4 is 5.82 Å². The zero-order valence-electron chi connectivity index (χ0n) is 13.6. The van der Waals surface area contributed by atoms with E-state index >= 15 is 0 Å². The van der Waals surface area contributed by atoms with Gasteiger partial charge in [-0.2, -0.15) is 0 Å². The second kappa shape index (κ2) is 6.45. The van der Waals surface area contributed by atoms with Gasteiger partial charge in [-0.3, -0.25) is 14.7 Å². The molecule has 0 aliphatic carbocycles. The SMILES string of the molecule is Nc1ncccc1CN1CCc2nc(-c3cccnc3)[nH]c(=O)c2C1. The molecule has 0 saturated heterocycles. The lowest BCUT2D eigenvalue weighted by Gasteiger charge is -2.27. The third-order valence-electron chi connectivity index (χ3n) is 4.40. The van der Waals surface area contributed by atoms with Crippen molar-refractivity contribution < 1.29 is 0 Å². The van der Waals surface area contributed by atoms with Gasteiger partial charge in [-0.15, -0.1) is 0 Å². The molecule has 7 nitrogen and oxygen atoms in total. The molecule has 0 aromatic carbocycles. The summed E-state index contributed by atoms with van der Waals surface area (Å²) in [5.74, 6) is 1.11. The molecule has 0 atom stereocenters. The van der Waals surface area contributed by atoms with Crippen LogP contribution in [0.1, 0.15) is 16.8 Å². The highest BCUT2D eigenvalue weighted by molar-refractivity contribution is 5.53. The minimum Gasteiger partial charge on any atom is -0.383 e. The molecular formula is C18H18N6O. The molecule has 3 N–H and O–H groups in total. The maximum Gasteiger partial charge on any atom is 0.255 e. The summed E-state index contributed by atoms with van der Waals surface area (Å²) in [5, 5.41) is 0. The number of nitrogens with zero attached hydrogens (tertiary/aromatic N) is 4. The number of nitrogen functional groups attached to an aromatic ring is 1. The number of hydrogen-bond acceptors (Lipinski definition) is 6. The smallest absolute Gasteiger partial charge is 0.255 e. The normalized spacial score (nSPS) is 14.2. The Balaban J connectivity index is 1.60. The first kappa shape index (κ1) is 15.5. The Bertz CT molecular complexity index is 953. The van der Waals surface area contributed by atoms with E-state index in [-0.39, 0.29) is 5.56 Å². The molecule has 4 heterocycles. The molecule has 4 rings (SSSR count). The first-order chi connectivity index (χ1) is 12.2. The van der Waals surface area contributed by atoms with Gasteiger partial charge in [0.2, 0.25) is 0 Å². The van der Waals surface area contributed by atoms with E-state index in [1.54, 1.807) is 18.6 Å². The maximum atomic E-state index is 12.5. The summed E-state index contributed by atoms with van der Waals surface area (Å²) in [7, 11) is 0. The summed E-state index contributed by atoms with van der Waals surface area (Å²) in [6, 6.07) is 7.55. The van der Waals surface area contributed by atoms with Crippen LogP contribution in [0.4, 0.5) is 5.82 Å². The molecule has 25 heavy (non-hydrogen) atoms. The Morgan fingerprint density at radius 2 is 2.12 bits per heavy atom. The van der Waals surface area contributed by atoms with Gasteiger partial charge in [0.05, 0.1) is 11.3 Å². The van der Waals surface area contributed by atoms with Crippen molar-refractivity contribution in [2.24, 2.45) is 0 Å². The van der Waals surface area contributed by atoms with Crippen LogP contribution in [0, 0.1) is 0 Å². The molecule has 3 aromatic heterocycles. The van der Waals surface area contributed by atoms with Gasteiger partial charge in [0.15, 0.2) is 0 Å². The Hall–Kier alpha value is -3.06. The number of pyridine rings is 2. The lowest BCUT2D eigenvalue weighted by atomic mass is 10.1. The van der Waals surface area contributed by atoms with E-state index in [0.717, 1.165) is 35.3 Å². The number of nitrogens with one attached hydrogen (secondary N) is 1. The fourth-order valence-corrected chi connectivity index (χ4v) is 3.08. The van der Waals surface area contributed by atoms with Crippen molar-refractivity contribution in [3.05, 3.63) is 70.0 Å². The zero-order chi connectivity index (χ0) is 17.2. The van der Waals surface area contributed by atoms with Crippen LogP contribution in [0.5, 0.6) is 0 Å². The monoisotopic (exact) mass is 334 g/mol. The molecule has 3 aromatic rings. The summed E-state index contributed by atoms with van der Waals surface area (Å²) >= 11 is 0. The van der Waals surface area contributed by atoms with Gasteiger partial charge < -0.3 is 10.7 Å². The molecule has 0 fully saturated rings. The number of H-pyrrole nitrogens is 1. The quantitative estimate of drug-likeness (QED) is 0.750. The minimum absolute atomic E-state index is 0.0901. The number of anilines is 1. The first-order valence-corrected chi connectivity index (χ1v) is 8.15. The van der Waals surface area contributed by atoms with Crippen LogP contribution in [-0.4, -0.2) is 31.4 Å². The lowest BCUT2D eigenvalue weighted by Crippen LogP contribution is -2.35. The van der Waals surface area contributed by atoms with Gasteiger partial charge in [-0.25, -0.2) is 9.97 Å². The predicted molar refractivity (Wildman–Crippen MR) is 94.6 cm³/mol. The molecule has 0 unspecified atom stereocenters. The largest absolute Gasteiger partial charge is 0.383 e. The van der Waals surface area contributed by atoms with Crippen LogP contribution in [-0.2, 0) is 19.5 Å². The Kier molecular flexibility index (Phi) is 3.99. The van der Waals surface area contributed by atoms with Crippen LogP contribution in [0.2, 0.25) is 0 Å². The van der Waals surface area contributed by atoms with Crippen LogP contribution < -0.4 is 11.3 Å². The molecule has 0 bridgehead atoms. The van der Waals surface area contributed by atoms with E-state index in [1.807, 2.05) is 24.3 Å². The standard InChI is InChI=1S/C18H18N6O/c19-16-13(4-2-7-21-16)10-24-8-5-15-14(11-24)18(25)23-17(22-15)12-3-1-6-20-9-12/h1-4,6-7,9H,5,8,10-11H2,(H2,19,21)(H,22,23,25). The fraction of sp³-hybridized carbons (Fsp3) is 0.222. The van der Waals surface area contributed by atoms with Gasteiger partial charge >= 0.3 is 0 Å². The molecule has 0 saturated carbocycles. The molecular weight excluding hydrogens is 316 g/mol. The topological polar surface area (TPSA) is 101 Å². The average molecular weight is 334 g/mol. The third-order valence-corrected chi connectivity index (χ3v) is 4.40. The third kappa shape index (κ3) is 3.14. The second-order valence-corrected chi connectivity index (χ2v) is 6.09. The molecule has 7 heteroatoms. The summed E-state index contributed by atoms with van der Waals surface area (Å²) in [4.78, 5) is 30.5. The van der Waals surface area contributed by atoms with Crippen LogP contribution in [0.25, 0.3) is 11.4 Å². The van der Waals surface area contributed by atoms with Crippen molar-refractivity contribution in [3.63, 3.8) is 0 Å². The van der Waals surface area contributed by atoms with E-state index in [0.29, 0.717) is 24.7 Å². The van der Waals surface area contributed by atoms with Crippen molar-refractivity contribution in [2.75, 3.05) is 12.3 Å². The number of hydrogen-bond donors (Lipinski definition) is 2. The number of aromatic nitrogens is 4. The van der Waals surface area contributed by atoms with E-state index in [2.05, 4.69) is 24.8 Å². The van der Waals surface area contributed by atoms with Gasteiger partial charge in [0.1, 0.15) is 11.6 Å². The van der Waals surface area contributed by atoms with Crippen LogP contribution in [0.15, 0.2) is 47.7 Å². The van der Waals surface area contributed by atoms with E-state index in [4.69, 9.17) is 5.73 Å². The van der Waals surface area contributed by atoms with Crippen molar-refractivity contribution in [1.82, 2.24) is 24.8 Å². The Morgan fingerprint density at radius 1 is 1.24 bits per heavy atom. The van der Waals surface area contributed by atoms with Crippen molar-refractivity contribution in [2.45, 2.75) is 19.5 Å². The van der Waals surface area contributed by atoms with Crippen molar-refractivity contribution in [3.8, 4) is 11.4 Å². The number of nitrogens with two attached hydrogens (primary N) is 1. The minimum atomic E-state index is -0.0901. The first-order valence-electron chi connectivity index (χ1n) is 8.15. The number of aromatic amines is 1. The summed E-state index contributed by atoms with van der Waals surface area (Å²) in [6.07, 6.45) is 5.80. The highest BCUT2D eigenvalue weighted by Gasteiger charge is 2.22. The van der Waals surface area contributed by atoms with Gasteiger partial charge in [-0.1, -0.05) is 6.07 Å². The predicted octanol–water partition coefficient (Wildman–Crippen LogP) is 1.37. The second-order valence-electron chi connectivity index (χ2n) is 6.09. The molecule has 0 amide bonds. The molecule has 126 valence electrons. The molecule has 0 radical (unpaired) electrons. The Labute approximate surface area is 144 Å². The molecule has 1 aliphatic rings. The van der Waals surface area contributed by atoms with Crippen LogP contribution >= 0.6 is 0 Å². The Morgan fingerprint density at radius 3 is 2.92 bits per heavy atom. The van der Waals surface area contributed by atoms with Gasteiger partial charge in [0, 0.05) is 55.8 Å². The number of fused-ring (bicyclic) bond motifs is 1. The van der Waals surface area contributed by atoms with Crippen LogP contribution in [0.3, 0.4) is 0 Å². The molecule has 1 aliphatic heterocycles. The van der Waals surface area contributed by atoms with Gasteiger partial charge in [0.25, 0.3) is 5.56 Å². The number of rotatable bonds is 3. The van der Waals surface area contributed by atoms with E-state index < -0.39 is 0 Å². The highest BCUT2D eigenvalue weighted by atomic mass is 16.1. The zero-order valence-corrected chi connectivity index (χ0v) is 13.6. The van der Waals surface area contributed by atoms with Crippen molar-refractivity contribution in [1.29, 1.82) is 0 Å². The summed E-state index contributed by atoms with van der Waals surface area (Å²) < 4.78 is 0. The average Bonchev–Trinajstić information content (AvgIpc) is 2.65. The maximum absolute atomic E-state index is 12.5. The van der Waals surface area contributed by atoms with Gasteiger partial charge in [-0.05, 0) is 18.2 Å². The molecule has 0 spiro atoms. The van der Waals surface area contributed by atoms with E-state index in [1.165, 1.54) is 0 Å². The highest BCUT2D eigenvalue weighted by Crippen LogP contribution is 2.20. The summed E-state index contributed by atoms with van der Waals surface area (Å²) in [6.45, 7) is 2.05. The van der Waals surface area contributed by atoms with E-state index in [9.17, 15) is 4.79 Å². The fourth-order valence-electron chi connectivity index (χ4n) is 3.08.